The predicted molar refractivity (Wildman–Crippen MR) is 62.1 cm³/mol. The van der Waals surface area contributed by atoms with Crippen molar-refractivity contribution in [2.24, 2.45) is 11.7 Å². The molecule has 0 spiro atoms. The van der Waals surface area contributed by atoms with Gasteiger partial charge in [-0.15, -0.1) is 0 Å². The first-order valence-electron chi connectivity index (χ1n) is 6.29. The summed E-state index contributed by atoms with van der Waals surface area (Å²) in [6.45, 7) is 0.794. The van der Waals surface area contributed by atoms with Gasteiger partial charge in [0.1, 0.15) is 0 Å². The summed E-state index contributed by atoms with van der Waals surface area (Å²) in [6.07, 6.45) is 5.55. The van der Waals surface area contributed by atoms with E-state index in [0.29, 0.717) is 13.2 Å². The summed E-state index contributed by atoms with van der Waals surface area (Å²) in [7, 11) is 0. The van der Waals surface area contributed by atoms with Crippen LogP contribution in [0.1, 0.15) is 38.5 Å². The minimum atomic E-state index is -0.527. The van der Waals surface area contributed by atoms with E-state index < -0.39 is 11.4 Å². The third-order valence-electron chi connectivity index (χ3n) is 3.63. The summed E-state index contributed by atoms with van der Waals surface area (Å²) >= 11 is 0. The zero-order valence-corrected chi connectivity index (χ0v) is 10.0. The number of carbonyl (C=O) groups excluding carboxylic acids is 2. The van der Waals surface area contributed by atoms with Gasteiger partial charge in [0.2, 0.25) is 11.8 Å². The van der Waals surface area contributed by atoms with Gasteiger partial charge in [-0.2, -0.15) is 0 Å². The van der Waals surface area contributed by atoms with E-state index >= 15 is 0 Å². The SMILES string of the molecule is NC(=O)CC1(NC(=O)C2CCCCC2)COC1. The van der Waals surface area contributed by atoms with Crippen molar-refractivity contribution < 1.29 is 14.3 Å². The van der Waals surface area contributed by atoms with Crippen LogP contribution in [0.5, 0.6) is 0 Å². The zero-order valence-electron chi connectivity index (χ0n) is 10.0. The van der Waals surface area contributed by atoms with Gasteiger partial charge < -0.3 is 15.8 Å². The Hall–Kier alpha value is -1.10. The van der Waals surface area contributed by atoms with Crippen LogP contribution in [0.2, 0.25) is 0 Å². The van der Waals surface area contributed by atoms with Crippen LogP contribution in [0, 0.1) is 5.92 Å². The average Bonchev–Trinajstić information content (AvgIpc) is 2.26. The summed E-state index contributed by atoms with van der Waals surface area (Å²) in [4.78, 5) is 23.1. The van der Waals surface area contributed by atoms with E-state index in [9.17, 15) is 9.59 Å². The molecule has 0 unspecified atom stereocenters. The van der Waals surface area contributed by atoms with Gasteiger partial charge in [0.05, 0.1) is 25.2 Å². The molecule has 2 rings (SSSR count). The van der Waals surface area contributed by atoms with Crippen molar-refractivity contribution in [2.45, 2.75) is 44.1 Å². The number of nitrogens with two attached hydrogens (primary N) is 1. The summed E-state index contributed by atoms with van der Waals surface area (Å²) in [6, 6.07) is 0. The topological polar surface area (TPSA) is 81.4 Å². The van der Waals surface area contributed by atoms with Crippen LogP contribution in [0.4, 0.5) is 0 Å². The Bertz CT molecular complexity index is 307. The maximum Gasteiger partial charge on any atom is 0.223 e. The Kier molecular flexibility index (Phi) is 3.66. The fourth-order valence-electron chi connectivity index (χ4n) is 2.63. The molecule has 96 valence electrons. The molecule has 0 atom stereocenters. The smallest absolute Gasteiger partial charge is 0.223 e. The highest BCUT2D eigenvalue weighted by molar-refractivity contribution is 5.82. The van der Waals surface area contributed by atoms with Crippen LogP contribution in [-0.4, -0.2) is 30.6 Å². The van der Waals surface area contributed by atoms with E-state index in [2.05, 4.69) is 5.32 Å². The second kappa shape index (κ2) is 5.04. The molecule has 0 radical (unpaired) electrons. The van der Waals surface area contributed by atoms with Crippen molar-refractivity contribution >= 4 is 11.8 Å². The third kappa shape index (κ3) is 2.97. The highest BCUT2D eigenvalue weighted by atomic mass is 16.5. The standard InChI is InChI=1S/C12H20N2O3/c13-10(15)6-12(7-17-8-12)14-11(16)9-4-2-1-3-5-9/h9H,1-8H2,(H2,13,15)(H,14,16). The van der Waals surface area contributed by atoms with Gasteiger partial charge in [-0.05, 0) is 12.8 Å². The Morgan fingerprint density at radius 3 is 2.35 bits per heavy atom. The normalized spacial score (nSPS) is 23.8. The number of carbonyl (C=O) groups is 2. The molecule has 0 bridgehead atoms. The fourth-order valence-corrected chi connectivity index (χ4v) is 2.63. The average molecular weight is 240 g/mol. The van der Waals surface area contributed by atoms with Crippen LogP contribution in [0.25, 0.3) is 0 Å². The van der Waals surface area contributed by atoms with E-state index in [4.69, 9.17) is 10.5 Å². The lowest BCUT2D eigenvalue weighted by Crippen LogP contribution is -2.64. The van der Waals surface area contributed by atoms with Crippen molar-refractivity contribution in [3.8, 4) is 0 Å². The minimum Gasteiger partial charge on any atom is -0.376 e. The molecule has 5 nitrogen and oxygen atoms in total. The maximum absolute atomic E-state index is 12.1. The van der Waals surface area contributed by atoms with E-state index in [1.54, 1.807) is 0 Å². The number of nitrogens with one attached hydrogen (secondary N) is 1. The summed E-state index contributed by atoms with van der Waals surface area (Å²) < 4.78 is 5.10. The lowest BCUT2D eigenvalue weighted by Gasteiger charge is -2.42. The van der Waals surface area contributed by atoms with E-state index in [1.165, 1.54) is 6.42 Å². The molecular weight excluding hydrogens is 220 g/mol. The summed E-state index contributed by atoms with van der Waals surface area (Å²) in [5.74, 6) is -0.222. The van der Waals surface area contributed by atoms with Crippen molar-refractivity contribution in [1.29, 1.82) is 0 Å². The Balaban J connectivity index is 1.89. The molecule has 2 aliphatic rings. The second-order valence-electron chi connectivity index (χ2n) is 5.24. The van der Waals surface area contributed by atoms with Gasteiger partial charge in [0.15, 0.2) is 0 Å². The van der Waals surface area contributed by atoms with Crippen molar-refractivity contribution in [3.63, 3.8) is 0 Å². The highest BCUT2D eigenvalue weighted by Crippen LogP contribution is 2.26. The van der Waals surface area contributed by atoms with Crippen molar-refractivity contribution in [2.75, 3.05) is 13.2 Å². The molecular formula is C12H20N2O3. The predicted octanol–water partition coefficient (Wildman–Crippen LogP) is 0.327. The first-order chi connectivity index (χ1) is 8.11. The molecule has 2 amide bonds. The number of amides is 2. The largest absolute Gasteiger partial charge is 0.376 e. The van der Waals surface area contributed by atoms with Crippen LogP contribution >= 0.6 is 0 Å². The first kappa shape index (κ1) is 12.4. The number of primary amides is 1. The Labute approximate surface area is 101 Å². The lowest BCUT2D eigenvalue weighted by atomic mass is 9.86. The Morgan fingerprint density at radius 2 is 1.88 bits per heavy atom. The number of ether oxygens (including phenoxy) is 1. The third-order valence-corrected chi connectivity index (χ3v) is 3.63. The molecule has 17 heavy (non-hydrogen) atoms. The lowest BCUT2D eigenvalue weighted by molar-refractivity contribution is -0.141. The van der Waals surface area contributed by atoms with E-state index in [-0.39, 0.29) is 18.2 Å². The van der Waals surface area contributed by atoms with Crippen molar-refractivity contribution in [1.82, 2.24) is 5.32 Å². The summed E-state index contributed by atoms with van der Waals surface area (Å²) in [5.41, 5.74) is 4.67. The molecule has 3 N–H and O–H groups in total. The van der Waals surface area contributed by atoms with Gasteiger partial charge in [-0.3, -0.25) is 9.59 Å². The molecule has 0 aromatic heterocycles. The van der Waals surface area contributed by atoms with Gasteiger partial charge in [-0.25, -0.2) is 0 Å². The maximum atomic E-state index is 12.1. The van der Waals surface area contributed by atoms with Crippen LogP contribution in [-0.2, 0) is 14.3 Å². The number of rotatable bonds is 4. The highest BCUT2D eigenvalue weighted by Gasteiger charge is 2.42. The van der Waals surface area contributed by atoms with Gasteiger partial charge in [0.25, 0.3) is 0 Å². The van der Waals surface area contributed by atoms with Crippen LogP contribution in [0.3, 0.4) is 0 Å². The number of hydrogen-bond donors (Lipinski definition) is 2. The first-order valence-corrected chi connectivity index (χ1v) is 6.29. The molecule has 1 saturated heterocycles. The molecule has 0 aromatic rings. The Morgan fingerprint density at radius 1 is 1.24 bits per heavy atom. The van der Waals surface area contributed by atoms with Gasteiger partial charge in [0, 0.05) is 5.92 Å². The molecule has 2 fully saturated rings. The fraction of sp³-hybridized carbons (Fsp3) is 0.833. The zero-order chi connectivity index (χ0) is 12.3. The van der Waals surface area contributed by atoms with E-state index in [1.807, 2.05) is 0 Å². The molecule has 0 aromatic carbocycles. The second-order valence-corrected chi connectivity index (χ2v) is 5.24. The van der Waals surface area contributed by atoms with Gasteiger partial charge in [-0.1, -0.05) is 19.3 Å². The monoisotopic (exact) mass is 240 g/mol. The van der Waals surface area contributed by atoms with Gasteiger partial charge >= 0.3 is 0 Å². The van der Waals surface area contributed by atoms with E-state index in [0.717, 1.165) is 25.7 Å². The molecule has 5 heteroatoms. The van der Waals surface area contributed by atoms with Crippen LogP contribution < -0.4 is 11.1 Å². The molecule has 1 saturated carbocycles. The number of hydrogen-bond acceptors (Lipinski definition) is 3. The quantitative estimate of drug-likeness (QED) is 0.743. The summed E-state index contributed by atoms with van der Waals surface area (Å²) in [5, 5.41) is 2.97. The molecule has 1 heterocycles. The van der Waals surface area contributed by atoms with Crippen molar-refractivity contribution in [3.05, 3.63) is 0 Å². The molecule has 1 aliphatic carbocycles. The molecule has 1 aliphatic heterocycles. The minimum absolute atomic E-state index is 0.0641. The van der Waals surface area contributed by atoms with Crippen LogP contribution in [0.15, 0.2) is 0 Å².